The Morgan fingerprint density at radius 2 is 1.96 bits per heavy atom. The summed E-state index contributed by atoms with van der Waals surface area (Å²) in [6, 6.07) is 6.36. The Morgan fingerprint density at radius 3 is 2.65 bits per heavy atom. The molecule has 3 rings (SSSR count). The van der Waals surface area contributed by atoms with Crippen LogP contribution in [-0.2, 0) is 9.59 Å². The molecule has 0 saturated carbocycles. The molecule has 0 aliphatic carbocycles. The monoisotopic (exact) mass is 360 g/mol. The van der Waals surface area contributed by atoms with Gasteiger partial charge in [-0.15, -0.1) is 0 Å². The lowest BCUT2D eigenvalue weighted by Gasteiger charge is -2.45. The van der Waals surface area contributed by atoms with Gasteiger partial charge >= 0.3 is 0 Å². The van der Waals surface area contributed by atoms with Crippen LogP contribution >= 0.6 is 0 Å². The summed E-state index contributed by atoms with van der Waals surface area (Å²) < 4.78 is 5.68. The third-order valence-corrected chi connectivity index (χ3v) is 4.84. The summed E-state index contributed by atoms with van der Waals surface area (Å²) in [6.07, 6.45) is 0.808. The minimum Gasteiger partial charge on any atom is -0.494 e. The summed E-state index contributed by atoms with van der Waals surface area (Å²) in [5.41, 5.74) is 5.66. The molecule has 2 aliphatic rings. The van der Waals surface area contributed by atoms with Gasteiger partial charge in [-0.05, 0) is 30.7 Å². The van der Waals surface area contributed by atoms with Gasteiger partial charge in [0, 0.05) is 38.8 Å². The van der Waals surface area contributed by atoms with Crippen LogP contribution in [-0.4, -0.2) is 84.8 Å². The van der Waals surface area contributed by atoms with Gasteiger partial charge in [0.05, 0.1) is 13.2 Å². The predicted molar refractivity (Wildman–Crippen MR) is 94.6 cm³/mol. The molecule has 8 heteroatoms. The lowest BCUT2D eigenvalue weighted by molar-refractivity contribution is -0.158. The Kier molecular flexibility index (Phi) is 5.41. The number of likely N-dealkylation sites (N-methyl/N-ethyl adjacent to an activating group) is 1. The lowest BCUT2D eigenvalue weighted by Crippen LogP contribution is -2.66. The summed E-state index contributed by atoms with van der Waals surface area (Å²) in [5, 5.41) is 0. The first-order valence-corrected chi connectivity index (χ1v) is 8.75. The fourth-order valence-corrected chi connectivity index (χ4v) is 3.37. The number of hydrogen-bond acceptors (Lipinski definition) is 5. The smallest absolute Gasteiger partial charge is 0.248 e. The number of amides is 3. The maximum absolute atomic E-state index is 12.3. The largest absolute Gasteiger partial charge is 0.494 e. The Balaban J connectivity index is 1.43. The lowest BCUT2D eigenvalue weighted by atomic mass is 10.1. The SMILES string of the molecule is CN1CC(=O)N2CCN(CCCOc3ccc(C(N)=O)cc3)CC2C1=O. The number of ether oxygens (including phenoxy) is 1. The summed E-state index contributed by atoms with van der Waals surface area (Å²) in [7, 11) is 1.67. The Bertz CT molecular complexity index is 691. The van der Waals surface area contributed by atoms with E-state index in [-0.39, 0.29) is 24.4 Å². The molecule has 1 aromatic carbocycles. The van der Waals surface area contributed by atoms with Gasteiger partial charge in [-0.1, -0.05) is 0 Å². The first-order valence-electron chi connectivity index (χ1n) is 8.75. The Labute approximate surface area is 152 Å². The van der Waals surface area contributed by atoms with E-state index in [4.69, 9.17) is 10.5 Å². The normalized spacial score (nSPS) is 20.9. The van der Waals surface area contributed by atoms with E-state index >= 15 is 0 Å². The second-order valence-electron chi connectivity index (χ2n) is 6.69. The van der Waals surface area contributed by atoms with E-state index in [1.165, 1.54) is 4.90 Å². The average Bonchev–Trinajstić information content (AvgIpc) is 2.63. The summed E-state index contributed by atoms with van der Waals surface area (Å²) >= 11 is 0. The van der Waals surface area contributed by atoms with Crippen LogP contribution in [0.4, 0.5) is 0 Å². The molecule has 1 atom stereocenters. The second-order valence-corrected chi connectivity index (χ2v) is 6.69. The molecule has 26 heavy (non-hydrogen) atoms. The summed E-state index contributed by atoms with van der Waals surface area (Å²) in [5.74, 6) is 0.270. The molecule has 0 bridgehead atoms. The Hall–Kier alpha value is -2.61. The topological polar surface area (TPSA) is 96.2 Å². The van der Waals surface area contributed by atoms with E-state index in [1.807, 2.05) is 0 Å². The number of primary amides is 1. The molecular formula is C18H24N4O4. The highest BCUT2D eigenvalue weighted by Crippen LogP contribution is 2.17. The molecule has 2 heterocycles. The molecular weight excluding hydrogens is 336 g/mol. The molecule has 0 radical (unpaired) electrons. The van der Waals surface area contributed by atoms with Gasteiger partial charge in [-0.25, -0.2) is 0 Å². The van der Waals surface area contributed by atoms with E-state index < -0.39 is 5.91 Å². The number of fused-ring (bicyclic) bond motifs is 1. The van der Waals surface area contributed by atoms with Gasteiger partial charge in [-0.3, -0.25) is 19.3 Å². The predicted octanol–water partition coefficient (Wildman–Crippen LogP) is -0.461. The van der Waals surface area contributed by atoms with Crippen molar-refractivity contribution in [1.82, 2.24) is 14.7 Å². The fraction of sp³-hybridized carbons (Fsp3) is 0.500. The third-order valence-electron chi connectivity index (χ3n) is 4.84. The number of rotatable bonds is 6. The van der Waals surface area contributed by atoms with Crippen molar-refractivity contribution in [2.75, 3.05) is 46.4 Å². The van der Waals surface area contributed by atoms with Gasteiger partial charge in [0.25, 0.3) is 0 Å². The van der Waals surface area contributed by atoms with Gasteiger partial charge in [0.1, 0.15) is 11.8 Å². The van der Waals surface area contributed by atoms with Crippen molar-refractivity contribution >= 4 is 17.7 Å². The highest BCUT2D eigenvalue weighted by atomic mass is 16.5. The molecule has 3 amide bonds. The van der Waals surface area contributed by atoms with Crippen molar-refractivity contribution in [1.29, 1.82) is 0 Å². The molecule has 8 nitrogen and oxygen atoms in total. The maximum Gasteiger partial charge on any atom is 0.248 e. The van der Waals surface area contributed by atoms with Crippen LogP contribution in [0.5, 0.6) is 5.75 Å². The van der Waals surface area contributed by atoms with E-state index in [9.17, 15) is 14.4 Å². The van der Waals surface area contributed by atoms with Crippen LogP contribution in [0.25, 0.3) is 0 Å². The first-order chi connectivity index (χ1) is 12.5. The van der Waals surface area contributed by atoms with Gasteiger partial charge < -0.3 is 20.3 Å². The van der Waals surface area contributed by atoms with Gasteiger partial charge in [0.2, 0.25) is 17.7 Å². The van der Waals surface area contributed by atoms with Crippen molar-refractivity contribution in [2.45, 2.75) is 12.5 Å². The molecule has 140 valence electrons. The van der Waals surface area contributed by atoms with E-state index in [0.717, 1.165) is 19.5 Å². The number of benzene rings is 1. The minimum absolute atomic E-state index is 0.0140. The highest BCUT2D eigenvalue weighted by molar-refractivity contribution is 5.95. The van der Waals surface area contributed by atoms with Crippen LogP contribution < -0.4 is 10.5 Å². The van der Waals surface area contributed by atoms with Crippen LogP contribution in [0.2, 0.25) is 0 Å². The number of carbonyl (C=O) groups is 3. The van der Waals surface area contributed by atoms with Crippen LogP contribution in [0.1, 0.15) is 16.8 Å². The quantitative estimate of drug-likeness (QED) is 0.693. The number of nitrogens with two attached hydrogens (primary N) is 1. The van der Waals surface area contributed by atoms with E-state index in [1.54, 1.807) is 36.2 Å². The van der Waals surface area contributed by atoms with Crippen molar-refractivity contribution in [2.24, 2.45) is 5.73 Å². The molecule has 0 spiro atoms. The highest BCUT2D eigenvalue weighted by Gasteiger charge is 2.40. The molecule has 2 N–H and O–H groups in total. The standard InChI is InChI=1S/C18H24N4O4/c1-20-12-16(23)22-9-8-21(11-15(22)18(20)25)7-2-10-26-14-5-3-13(4-6-14)17(19)24/h3-6,15H,2,7-12H2,1H3,(H2,19,24). The van der Waals surface area contributed by atoms with Crippen molar-refractivity contribution < 1.29 is 19.1 Å². The minimum atomic E-state index is -0.461. The maximum atomic E-state index is 12.3. The molecule has 2 aliphatic heterocycles. The summed E-state index contributed by atoms with van der Waals surface area (Å²) in [6.45, 7) is 3.45. The van der Waals surface area contributed by atoms with E-state index in [2.05, 4.69) is 4.90 Å². The van der Waals surface area contributed by atoms with Gasteiger partial charge in [-0.2, -0.15) is 0 Å². The van der Waals surface area contributed by atoms with Crippen molar-refractivity contribution in [3.63, 3.8) is 0 Å². The Morgan fingerprint density at radius 1 is 1.23 bits per heavy atom. The summed E-state index contributed by atoms with van der Waals surface area (Å²) in [4.78, 5) is 40.8. The van der Waals surface area contributed by atoms with Gasteiger partial charge in [0.15, 0.2) is 0 Å². The van der Waals surface area contributed by atoms with Crippen molar-refractivity contribution in [3.8, 4) is 5.75 Å². The fourth-order valence-electron chi connectivity index (χ4n) is 3.37. The average molecular weight is 360 g/mol. The molecule has 0 aromatic heterocycles. The van der Waals surface area contributed by atoms with Crippen LogP contribution in [0, 0.1) is 0 Å². The van der Waals surface area contributed by atoms with Crippen LogP contribution in [0.15, 0.2) is 24.3 Å². The second kappa shape index (κ2) is 7.74. The number of hydrogen-bond donors (Lipinski definition) is 1. The van der Waals surface area contributed by atoms with Crippen molar-refractivity contribution in [3.05, 3.63) is 29.8 Å². The number of piperazine rings is 2. The molecule has 2 saturated heterocycles. The zero-order chi connectivity index (χ0) is 18.7. The molecule has 1 unspecified atom stereocenters. The van der Waals surface area contributed by atoms with Crippen LogP contribution in [0.3, 0.4) is 0 Å². The first kappa shape index (κ1) is 18.2. The third kappa shape index (κ3) is 3.96. The molecule has 2 fully saturated rings. The number of nitrogens with zero attached hydrogens (tertiary/aromatic N) is 3. The molecule has 1 aromatic rings. The van der Waals surface area contributed by atoms with E-state index in [0.29, 0.717) is 31.0 Å². The number of carbonyl (C=O) groups excluding carboxylic acids is 3. The zero-order valence-electron chi connectivity index (χ0n) is 14.9. The zero-order valence-corrected chi connectivity index (χ0v) is 14.9.